The summed E-state index contributed by atoms with van der Waals surface area (Å²) in [6.45, 7) is 4.92. The highest BCUT2D eigenvalue weighted by Gasteiger charge is 2.31. The van der Waals surface area contributed by atoms with E-state index in [4.69, 9.17) is 16.3 Å². The Balaban J connectivity index is 1.44. The van der Waals surface area contributed by atoms with Gasteiger partial charge in [-0.1, -0.05) is 29.8 Å². The summed E-state index contributed by atoms with van der Waals surface area (Å²) in [4.78, 5) is 2.57. The molecule has 2 aliphatic heterocycles. The van der Waals surface area contributed by atoms with Gasteiger partial charge in [0.1, 0.15) is 0 Å². The summed E-state index contributed by atoms with van der Waals surface area (Å²) in [7, 11) is 0. The molecule has 1 N–H and O–H groups in total. The maximum atomic E-state index is 6.14. The molecule has 104 valence electrons. The lowest BCUT2D eigenvalue weighted by atomic mass is 10.2. The zero-order valence-corrected chi connectivity index (χ0v) is 11.9. The molecule has 0 radical (unpaired) electrons. The van der Waals surface area contributed by atoms with Crippen molar-refractivity contribution in [1.82, 2.24) is 10.2 Å². The van der Waals surface area contributed by atoms with Crippen LogP contribution in [0.25, 0.3) is 0 Å². The summed E-state index contributed by atoms with van der Waals surface area (Å²) < 4.78 is 5.92. The second-order valence-electron chi connectivity index (χ2n) is 5.47. The minimum Gasteiger partial charge on any atom is -0.374 e. The van der Waals surface area contributed by atoms with Crippen molar-refractivity contribution in [2.45, 2.75) is 31.5 Å². The molecule has 0 aromatic heterocycles. The normalized spacial score (nSPS) is 27.4. The Morgan fingerprint density at radius 1 is 1.37 bits per heavy atom. The van der Waals surface area contributed by atoms with Gasteiger partial charge in [0, 0.05) is 30.7 Å². The van der Waals surface area contributed by atoms with Gasteiger partial charge in [-0.3, -0.25) is 4.90 Å². The van der Waals surface area contributed by atoms with Crippen molar-refractivity contribution >= 4 is 11.6 Å². The molecule has 2 saturated heterocycles. The van der Waals surface area contributed by atoms with Crippen LogP contribution in [0, 0.1) is 0 Å². The van der Waals surface area contributed by atoms with E-state index in [0.29, 0.717) is 12.1 Å². The zero-order valence-electron chi connectivity index (χ0n) is 11.1. The van der Waals surface area contributed by atoms with E-state index in [-0.39, 0.29) is 0 Å². The Morgan fingerprint density at radius 2 is 2.26 bits per heavy atom. The van der Waals surface area contributed by atoms with Crippen molar-refractivity contribution in [1.29, 1.82) is 0 Å². The molecule has 0 spiro atoms. The van der Waals surface area contributed by atoms with E-state index in [1.165, 1.54) is 19.4 Å². The summed E-state index contributed by atoms with van der Waals surface area (Å²) in [6.07, 6.45) is 2.95. The molecule has 3 nitrogen and oxygen atoms in total. The van der Waals surface area contributed by atoms with E-state index < -0.39 is 0 Å². The Hall–Kier alpha value is -0.610. The van der Waals surface area contributed by atoms with Gasteiger partial charge < -0.3 is 10.1 Å². The first-order valence-corrected chi connectivity index (χ1v) is 7.50. The van der Waals surface area contributed by atoms with Crippen LogP contribution in [0.5, 0.6) is 0 Å². The van der Waals surface area contributed by atoms with Crippen molar-refractivity contribution in [3.8, 4) is 0 Å². The third-order valence-electron chi connectivity index (χ3n) is 4.11. The third kappa shape index (κ3) is 3.29. The highest BCUT2D eigenvalue weighted by Crippen LogP contribution is 2.22. The fraction of sp³-hybridized carbons (Fsp3) is 0.600. The molecule has 0 amide bonds. The van der Waals surface area contributed by atoms with Gasteiger partial charge >= 0.3 is 0 Å². The van der Waals surface area contributed by atoms with Crippen molar-refractivity contribution in [3.63, 3.8) is 0 Å². The third-order valence-corrected chi connectivity index (χ3v) is 4.48. The Kier molecular flexibility index (Phi) is 4.38. The van der Waals surface area contributed by atoms with Gasteiger partial charge in [0.2, 0.25) is 0 Å². The Morgan fingerprint density at radius 3 is 3.16 bits per heavy atom. The number of morpholine rings is 1. The van der Waals surface area contributed by atoms with E-state index in [2.05, 4.69) is 16.3 Å². The van der Waals surface area contributed by atoms with Crippen LogP contribution in [0.1, 0.15) is 18.4 Å². The van der Waals surface area contributed by atoms with Crippen LogP contribution in [0.4, 0.5) is 0 Å². The SMILES string of the molecule is Clc1ccccc1CNCC1CN2CCCC2CO1. The fourth-order valence-electron chi connectivity index (χ4n) is 3.02. The Labute approximate surface area is 119 Å². The second-order valence-corrected chi connectivity index (χ2v) is 5.88. The number of ether oxygens (including phenoxy) is 1. The molecule has 3 rings (SSSR count). The van der Waals surface area contributed by atoms with Gasteiger partial charge in [0.25, 0.3) is 0 Å². The fourth-order valence-corrected chi connectivity index (χ4v) is 3.22. The van der Waals surface area contributed by atoms with Gasteiger partial charge in [0.15, 0.2) is 0 Å². The monoisotopic (exact) mass is 280 g/mol. The average Bonchev–Trinajstić information content (AvgIpc) is 2.88. The van der Waals surface area contributed by atoms with E-state index >= 15 is 0 Å². The number of nitrogens with zero attached hydrogens (tertiary/aromatic N) is 1. The van der Waals surface area contributed by atoms with E-state index in [9.17, 15) is 0 Å². The molecule has 2 fully saturated rings. The van der Waals surface area contributed by atoms with Crippen molar-refractivity contribution < 1.29 is 4.74 Å². The summed E-state index contributed by atoms with van der Waals surface area (Å²) >= 11 is 6.14. The van der Waals surface area contributed by atoms with Gasteiger partial charge in [-0.15, -0.1) is 0 Å². The number of halogens is 1. The molecule has 2 aliphatic rings. The first-order chi connectivity index (χ1) is 9.33. The van der Waals surface area contributed by atoms with Crippen LogP contribution in [0.2, 0.25) is 5.02 Å². The topological polar surface area (TPSA) is 24.5 Å². The molecular weight excluding hydrogens is 260 g/mol. The van der Waals surface area contributed by atoms with E-state index in [0.717, 1.165) is 36.8 Å². The number of benzene rings is 1. The molecule has 0 aliphatic carbocycles. The van der Waals surface area contributed by atoms with Crippen molar-refractivity contribution in [2.24, 2.45) is 0 Å². The lowest BCUT2D eigenvalue weighted by molar-refractivity contribution is -0.0470. The minimum atomic E-state index is 0.317. The standard InChI is InChI=1S/C15H21ClN2O/c16-15-6-2-1-4-12(15)8-17-9-14-10-18-7-3-5-13(18)11-19-14/h1-2,4,6,13-14,17H,3,5,7-11H2. The summed E-state index contributed by atoms with van der Waals surface area (Å²) in [5.74, 6) is 0. The van der Waals surface area contributed by atoms with Crippen LogP contribution in [0.15, 0.2) is 24.3 Å². The molecule has 0 bridgehead atoms. The minimum absolute atomic E-state index is 0.317. The molecule has 1 aromatic carbocycles. The quantitative estimate of drug-likeness (QED) is 0.916. The molecular formula is C15H21ClN2O. The summed E-state index contributed by atoms with van der Waals surface area (Å²) in [6, 6.07) is 8.66. The number of fused-ring (bicyclic) bond motifs is 1. The maximum absolute atomic E-state index is 6.14. The van der Waals surface area contributed by atoms with Crippen molar-refractivity contribution in [3.05, 3.63) is 34.9 Å². The van der Waals surface area contributed by atoms with Gasteiger partial charge in [-0.2, -0.15) is 0 Å². The van der Waals surface area contributed by atoms with E-state index in [1.54, 1.807) is 0 Å². The maximum Gasteiger partial charge on any atom is 0.0827 e. The van der Waals surface area contributed by atoms with Crippen molar-refractivity contribution in [2.75, 3.05) is 26.2 Å². The summed E-state index contributed by atoms with van der Waals surface area (Å²) in [5.41, 5.74) is 1.15. The van der Waals surface area contributed by atoms with Gasteiger partial charge in [0.05, 0.1) is 12.7 Å². The van der Waals surface area contributed by atoms with Crippen LogP contribution >= 0.6 is 11.6 Å². The average molecular weight is 281 g/mol. The molecule has 1 aromatic rings. The molecule has 4 heteroatoms. The molecule has 2 atom stereocenters. The van der Waals surface area contributed by atoms with Crippen LogP contribution < -0.4 is 5.32 Å². The number of rotatable bonds is 4. The molecule has 0 saturated carbocycles. The zero-order chi connectivity index (χ0) is 13.1. The molecule has 19 heavy (non-hydrogen) atoms. The second kappa shape index (κ2) is 6.23. The van der Waals surface area contributed by atoms with Gasteiger partial charge in [-0.25, -0.2) is 0 Å². The molecule has 2 heterocycles. The number of hydrogen-bond donors (Lipinski definition) is 1. The predicted octanol–water partition coefficient (Wildman–Crippen LogP) is 2.29. The highest BCUT2D eigenvalue weighted by atomic mass is 35.5. The first-order valence-electron chi connectivity index (χ1n) is 7.13. The van der Waals surface area contributed by atoms with E-state index in [1.807, 2.05) is 18.2 Å². The van der Waals surface area contributed by atoms with Crippen LogP contribution in [-0.4, -0.2) is 43.3 Å². The highest BCUT2D eigenvalue weighted by molar-refractivity contribution is 6.31. The van der Waals surface area contributed by atoms with Crippen LogP contribution in [-0.2, 0) is 11.3 Å². The lowest BCUT2D eigenvalue weighted by Gasteiger charge is -2.35. The number of nitrogens with one attached hydrogen (secondary N) is 1. The predicted molar refractivity (Wildman–Crippen MR) is 77.5 cm³/mol. The lowest BCUT2D eigenvalue weighted by Crippen LogP contribution is -2.49. The smallest absolute Gasteiger partial charge is 0.0827 e. The largest absolute Gasteiger partial charge is 0.374 e. The Bertz CT molecular complexity index is 426. The number of hydrogen-bond acceptors (Lipinski definition) is 3. The van der Waals surface area contributed by atoms with Gasteiger partial charge in [-0.05, 0) is 31.0 Å². The summed E-state index contributed by atoms with van der Waals surface area (Å²) in [5, 5.41) is 4.29. The molecule has 2 unspecified atom stereocenters. The van der Waals surface area contributed by atoms with Crippen LogP contribution in [0.3, 0.4) is 0 Å². The first kappa shape index (κ1) is 13.4.